The van der Waals surface area contributed by atoms with Crippen LogP contribution < -0.4 is 51.4 Å². The Morgan fingerprint density at radius 1 is 0.741 bits per heavy atom. The Kier molecular flexibility index (Phi) is 17.0. The molecule has 0 bridgehead atoms. The Morgan fingerprint density at radius 3 is 1.67 bits per heavy atom. The maximum Gasteiger partial charge on any atom is 1.00 e. The van der Waals surface area contributed by atoms with Gasteiger partial charge in [-0.15, -0.1) is 12.6 Å². The number of piperazine rings is 1. The van der Waals surface area contributed by atoms with Gasteiger partial charge in [0, 0.05) is 64.4 Å². The number of nitrogens with zero attached hydrogens (tertiary/aromatic N) is 5. The Morgan fingerprint density at radius 2 is 1.22 bits per heavy atom. The van der Waals surface area contributed by atoms with Gasteiger partial charge in [-0.3, -0.25) is 14.7 Å². The van der Waals surface area contributed by atoms with Gasteiger partial charge in [0.15, 0.2) is 0 Å². The molecule has 1 rings (SSSR count). The van der Waals surface area contributed by atoms with Crippen LogP contribution in [0.2, 0.25) is 0 Å². The molecule has 0 unspecified atom stereocenters. The van der Waals surface area contributed by atoms with Crippen LogP contribution in [-0.4, -0.2) is 110 Å². The average Bonchev–Trinajstić information content (AvgIpc) is 2.58. The molecule has 5 nitrogen and oxygen atoms in total. The molecule has 0 saturated carbocycles. The van der Waals surface area contributed by atoms with Gasteiger partial charge >= 0.3 is 51.4 Å². The monoisotopic (exact) mass is 407 g/mol. The Bertz CT molecular complexity index is 343. The normalized spacial score (nSPS) is 16.9. The number of rotatable bonds is 13. The third-order valence-electron chi connectivity index (χ3n) is 5.62. The van der Waals surface area contributed by atoms with E-state index in [4.69, 9.17) is 0 Å². The summed E-state index contributed by atoms with van der Waals surface area (Å²) in [6.07, 6.45) is 0. The molecule has 0 aromatic carbocycles. The van der Waals surface area contributed by atoms with Crippen LogP contribution in [-0.2, 0) is 0 Å². The summed E-state index contributed by atoms with van der Waals surface area (Å²) in [4.78, 5) is 10.4. The maximum atomic E-state index is 4.60. The molecule has 0 N–H and O–H groups in total. The first-order valence-corrected chi connectivity index (χ1v) is 10.9. The average molecular weight is 408 g/mol. The first kappa shape index (κ1) is 28.4. The molecule has 0 atom stereocenters. The van der Waals surface area contributed by atoms with Crippen LogP contribution in [0, 0.1) is 0 Å². The Hall–Kier alpha value is 1.44. The SMILES string of the molecule is CCN(CCN(CCN1CCN(CC[N-]C(C)C)CC1)C(C)C)C(C)C.[K+]. The molecule has 0 aromatic heterocycles. The van der Waals surface area contributed by atoms with E-state index in [1.54, 1.807) is 0 Å². The Labute approximate surface area is 213 Å². The second-order valence-corrected chi connectivity index (χ2v) is 8.54. The van der Waals surface area contributed by atoms with E-state index in [0.717, 1.165) is 19.6 Å². The number of hydrogen-bond acceptors (Lipinski definition) is 4. The van der Waals surface area contributed by atoms with Gasteiger partial charge in [-0.25, -0.2) is 0 Å². The quantitative estimate of drug-likeness (QED) is 0.396. The molecule has 1 saturated heterocycles. The topological polar surface area (TPSA) is 27.1 Å². The van der Waals surface area contributed by atoms with Crippen LogP contribution in [0.15, 0.2) is 0 Å². The molecule has 0 aromatic rings. The molecule has 0 radical (unpaired) electrons. The van der Waals surface area contributed by atoms with Crippen molar-refractivity contribution in [3.05, 3.63) is 5.32 Å². The van der Waals surface area contributed by atoms with Crippen molar-refractivity contribution in [1.82, 2.24) is 19.6 Å². The van der Waals surface area contributed by atoms with Crippen molar-refractivity contribution in [2.75, 3.05) is 72.0 Å². The van der Waals surface area contributed by atoms with E-state index in [1.165, 1.54) is 52.4 Å². The summed E-state index contributed by atoms with van der Waals surface area (Å²) in [5.74, 6) is 0. The summed E-state index contributed by atoms with van der Waals surface area (Å²) in [5, 5.41) is 4.60. The van der Waals surface area contributed by atoms with E-state index in [2.05, 4.69) is 73.4 Å². The first-order chi connectivity index (χ1) is 12.3. The van der Waals surface area contributed by atoms with Crippen LogP contribution in [0.3, 0.4) is 0 Å². The van der Waals surface area contributed by atoms with Crippen molar-refractivity contribution in [3.8, 4) is 0 Å². The minimum Gasteiger partial charge on any atom is -0.659 e. The second kappa shape index (κ2) is 16.2. The minimum atomic E-state index is 0. The zero-order valence-electron chi connectivity index (χ0n) is 19.7. The van der Waals surface area contributed by atoms with Gasteiger partial charge in [0.1, 0.15) is 0 Å². The van der Waals surface area contributed by atoms with Crippen LogP contribution in [0.1, 0.15) is 48.5 Å². The van der Waals surface area contributed by atoms with Gasteiger partial charge in [0.25, 0.3) is 0 Å². The predicted octanol–water partition coefficient (Wildman–Crippen LogP) is -0.169. The molecule has 27 heavy (non-hydrogen) atoms. The molecular weight excluding hydrogens is 361 g/mol. The number of likely N-dealkylation sites (N-methyl/N-ethyl adjacent to an activating group) is 1. The fraction of sp³-hybridized carbons (Fsp3) is 1.00. The van der Waals surface area contributed by atoms with Gasteiger partial charge in [-0.05, 0) is 40.8 Å². The summed E-state index contributed by atoms with van der Waals surface area (Å²) >= 11 is 0. The minimum absolute atomic E-state index is 0. The fourth-order valence-corrected chi connectivity index (χ4v) is 3.63. The standard InChI is InChI=1S/C21H46N5.K/c1-8-25(20(4)5)17-18-26(21(6)7)16-15-24-13-11-23(12-14-24)10-9-22-19(2)3;/h19-21H,8-18H2,1-7H3;/q-1;+1. The van der Waals surface area contributed by atoms with Crippen molar-refractivity contribution in [1.29, 1.82) is 0 Å². The smallest absolute Gasteiger partial charge is 0.659 e. The maximum absolute atomic E-state index is 4.60. The third-order valence-corrected chi connectivity index (χ3v) is 5.62. The Balaban J connectivity index is 0.00000676. The van der Waals surface area contributed by atoms with Crippen LogP contribution in [0.25, 0.3) is 5.32 Å². The zero-order chi connectivity index (χ0) is 19.5. The summed E-state index contributed by atoms with van der Waals surface area (Å²) in [6, 6.07) is 1.74. The summed E-state index contributed by atoms with van der Waals surface area (Å²) in [7, 11) is 0. The second-order valence-electron chi connectivity index (χ2n) is 8.54. The molecule has 0 amide bonds. The van der Waals surface area contributed by atoms with Gasteiger partial charge < -0.3 is 10.2 Å². The molecule has 1 aliphatic rings. The zero-order valence-corrected chi connectivity index (χ0v) is 22.9. The summed E-state index contributed by atoms with van der Waals surface area (Å²) < 4.78 is 0. The summed E-state index contributed by atoms with van der Waals surface area (Å²) in [6.45, 7) is 28.7. The summed E-state index contributed by atoms with van der Waals surface area (Å²) in [5.41, 5.74) is 0. The van der Waals surface area contributed by atoms with Gasteiger partial charge in [0.2, 0.25) is 0 Å². The molecule has 0 spiro atoms. The van der Waals surface area contributed by atoms with Crippen LogP contribution in [0.4, 0.5) is 0 Å². The van der Waals surface area contributed by atoms with E-state index in [9.17, 15) is 0 Å². The molecule has 6 heteroatoms. The van der Waals surface area contributed by atoms with Crippen molar-refractivity contribution < 1.29 is 51.4 Å². The fourth-order valence-electron chi connectivity index (χ4n) is 3.63. The van der Waals surface area contributed by atoms with Gasteiger partial charge in [0.05, 0.1) is 0 Å². The molecule has 156 valence electrons. The predicted molar refractivity (Wildman–Crippen MR) is 115 cm³/mol. The van der Waals surface area contributed by atoms with Crippen molar-refractivity contribution in [3.63, 3.8) is 0 Å². The van der Waals surface area contributed by atoms with Crippen molar-refractivity contribution in [2.24, 2.45) is 0 Å². The molecular formula is C21H46KN5. The largest absolute Gasteiger partial charge is 1.00 e. The van der Waals surface area contributed by atoms with E-state index in [-0.39, 0.29) is 51.4 Å². The van der Waals surface area contributed by atoms with E-state index in [1.807, 2.05) is 0 Å². The van der Waals surface area contributed by atoms with E-state index in [0.29, 0.717) is 18.1 Å². The van der Waals surface area contributed by atoms with Crippen molar-refractivity contribution in [2.45, 2.75) is 66.6 Å². The van der Waals surface area contributed by atoms with E-state index >= 15 is 0 Å². The molecule has 0 aliphatic carbocycles. The molecule has 1 heterocycles. The van der Waals surface area contributed by atoms with Gasteiger partial charge in [-0.1, -0.05) is 20.8 Å². The first-order valence-electron chi connectivity index (χ1n) is 10.9. The van der Waals surface area contributed by atoms with E-state index < -0.39 is 0 Å². The molecule has 1 aliphatic heterocycles. The molecule has 1 fully saturated rings. The van der Waals surface area contributed by atoms with Gasteiger partial charge in [-0.2, -0.15) is 0 Å². The third kappa shape index (κ3) is 12.7. The van der Waals surface area contributed by atoms with Crippen molar-refractivity contribution >= 4 is 0 Å². The van der Waals surface area contributed by atoms with Crippen LogP contribution >= 0.6 is 0 Å². The number of hydrogen-bond donors (Lipinski definition) is 0. The van der Waals surface area contributed by atoms with Crippen LogP contribution in [0.5, 0.6) is 0 Å².